The van der Waals surface area contributed by atoms with Crippen LogP contribution >= 0.6 is 11.3 Å². The van der Waals surface area contributed by atoms with E-state index in [1.54, 1.807) is 31.2 Å². The fourth-order valence-corrected chi connectivity index (χ4v) is 4.58. The molecule has 0 unspecified atom stereocenters. The lowest BCUT2D eigenvalue weighted by atomic mass is 10.3. The molecule has 0 aliphatic heterocycles. The Kier molecular flexibility index (Phi) is 4.29. The van der Waals surface area contributed by atoms with Crippen LogP contribution in [0, 0.1) is 6.92 Å². The van der Waals surface area contributed by atoms with Gasteiger partial charge in [-0.2, -0.15) is 0 Å². The van der Waals surface area contributed by atoms with E-state index in [1.807, 2.05) is 6.92 Å². The lowest BCUT2D eigenvalue weighted by Crippen LogP contribution is -2.31. The number of benzene rings is 1. The molecule has 0 atom stereocenters. The van der Waals surface area contributed by atoms with Gasteiger partial charge >= 0.3 is 0 Å². The maximum Gasteiger partial charge on any atom is 0.275 e. The summed E-state index contributed by atoms with van der Waals surface area (Å²) in [6.45, 7) is 4.15. The summed E-state index contributed by atoms with van der Waals surface area (Å²) >= 11 is 1.18. The number of aromatic nitrogens is 1. The van der Waals surface area contributed by atoms with E-state index in [-0.39, 0.29) is 4.21 Å². The van der Waals surface area contributed by atoms with Gasteiger partial charge in [-0.1, -0.05) is 6.92 Å². The Morgan fingerprint density at radius 1 is 1.30 bits per heavy atom. The molecule has 1 aromatic heterocycles. The molecule has 1 aromatic carbocycles. The molecular formula is C13H17N3O2S2. The Morgan fingerprint density at radius 2 is 1.95 bits per heavy atom. The molecule has 0 spiro atoms. The van der Waals surface area contributed by atoms with Gasteiger partial charge in [0, 0.05) is 12.2 Å². The largest absolute Gasteiger partial charge is 0.399 e. The van der Waals surface area contributed by atoms with Crippen LogP contribution in [0.3, 0.4) is 0 Å². The van der Waals surface area contributed by atoms with Crippen LogP contribution in [0.15, 0.2) is 34.7 Å². The van der Waals surface area contributed by atoms with Crippen LogP contribution < -0.4 is 10.0 Å². The van der Waals surface area contributed by atoms with Gasteiger partial charge < -0.3 is 5.73 Å². The fourth-order valence-electron chi connectivity index (χ4n) is 1.80. The van der Waals surface area contributed by atoms with Crippen molar-refractivity contribution in [2.75, 3.05) is 16.6 Å². The van der Waals surface area contributed by atoms with Crippen molar-refractivity contribution < 1.29 is 8.42 Å². The lowest BCUT2D eigenvalue weighted by molar-refractivity contribution is 0.592. The topological polar surface area (TPSA) is 76.3 Å². The van der Waals surface area contributed by atoms with Crippen LogP contribution in [-0.2, 0) is 10.0 Å². The first-order valence-electron chi connectivity index (χ1n) is 6.26. The number of nitrogens with zero attached hydrogens (tertiary/aromatic N) is 2. The summed E-state index contributed by atoms with van der Waals surface area (Å²) in [5, 5.41) is 0.734. The lowest BCUT2D eigenvalue weighted by Gasteiger charge is -2.23. The third kappa shape index (κ3) is 2.94. The van der Waals surface area contributed by atoms with Crippen LogP contribution in [0.2, 0.25) is 0 Å². The summed E-state index contributed by atoms with van der Waals surface area (Å²) < 4.78 is 27.0. The van der Waals surface area contributed by atoms with Crippen LogP contribution in [-0.4, -0.2) is 19.9 Å². The minimum atomic E-state index is -3.56. The Balaban J connectivity index is 2.44. The molecule has 0 saturated carbocycles. The molecule has 0 radical (unpaired) electrons. The summed E-state index contributed by atoms with van der Waals surface area (Å²) in [5.41, 5.74) is 6.87. The van der Waals surface area contributed by atoms with E-state index in [1.165, 1.54) is 21.8 Å². The van der Waals surface area contributed by atoms with E-state index >= 15 is 0 Å². The Labute approximate surface area is 123 Å². The number of hydrogen-bond acceptors (Lipinski definition) is 5. The number of hydrogen-bond donors (Lipinski definition) is 1. The van der Waals surface area contributed by atoms with Crippen molar-refractivity contribution in [2.24, 2.45) is 0 Å². The summed E-state index contributed by atoms with van der Waals surface area (Å²) in [6.07, 6.45) is 2.14. The first kappa shape index (κ1) is 14.8. The Hall–Kier alpha value is -1.60. The van der Waals surface area contributed by atoms with E-state index in [0.29, 0.717) is 17.9 Å². The molecule has 20 heavy (non-hydrogen) atoms. The van der Waals surface area contributed by atoms with Crippen LogP contribution in [0.25, 0.3) is 0 Å². The van der Waals surface area contributed by atoms with Gasteiger partial charge in [0.05, 0.1) is 16.9 Å². The summed E-state index contributed by atoms with van der Waals surface area (Å²) in [7, 11) is -3.56. The number of rotatable bonds is 5. The molecule has 0 aliphatic rings. The van der Waals surface area contributed by atoms with E-state index in [0.717, 1.165) is 11.4 Å². The highest BCUT2D eigenvalue weighted by Gasteiger charge is 2.26. The van der Waals surface area contributed by atoms with Crippen molar-refractivity contribution in [3.05, 3.63) is 35.5 Å². The van der Waals surface area contributed by atoms with Crippen LogP contribution in [0.1, 0.15) is 18.4 Å². The number of thiazole rings is 1. The van der Waals surface area contributed by atoms with Crippen molar-refractivity contribution in [1.82, 2.24) is 4.98 Å². The van der Waals surface area contributed by atoms with E-state index < -0.39 is 10.0 Å². The van der Waals surface area contributed by atoms with Gasteiger partial charge in [-0.05, 0) is 37.6 Å². The van der Waals surface area contributed by atoms with Gasteiger partial charge in [0.15, 0.2) is 4.21 Å². The Bertz CT molecular complexity index is 678. The molecule has 108 valence electrons. The minimum absolute atomic E-state index is 0.264. The maximum atomic E-state index is 12.7. The molecule has 0 bridgehead atoms. The fraction of sp³-hybridized carbons (Fsp3) is 0.308. The van der Waals surface area contributed by atoms with Crippen molar-refractivity contribution in [3.63, 3.8) is 0 Å². The second kappa shape index (κ2) is 5.80. The first-order valence-corrected chi connectivity index (χ1v) is 8.51. The van der Waals surface area contributed by atoms with Gasteiger partial charge in [-0.3, -0.25) is 4.31 Å². The zero-order valence-electron chi connectivity index (χ0n) is 11.4. The average molecular weight is 311 g/mol. The van der Waals surface area contributed by atoms with Crippen molar-refractivity contribution in [2.45, 2.75) is 24.5 Å². The summed E-state index contributed by atoms with van der Waals surface area (Å²) in [5.74, 6) is 0. The average Bonchev–Trinajstić information content (AvgIpc) is 2.84. The first-order chi connectivity index (χ1) is 9.45. The molecular weight excluding hydrogens is 294 g/mol. The number of aryl methyl sites for hydroxylation is 1. The molecule has 2 aromatic rings. The molecule has 0 saturated heterocycles. The molecule has 2 rings (SSSR count). The van der Waals surface area contributed by atoms with E-state index in [2.05, 4.69) is 4.98 Å². The molecule has 0 aliphatic carbocycles. The number of sulfonamides is 1. The number of nitrogens with two attached hydrogens (primary N) is 1. The molecule has 0 fully saturated rings. The van der Waals surface area contributed by atoms with Crippen molar-refractivity contribution in [3.8, 4) is 0 Å². The van der Waals surface area contributed by atoms with Gasteiger partial charge in [0.2, 0.25) is 0 Å². The van der Waals surface area contributed by atoms with E-state index in [9.17, 15) is 8.42 Å². The SMILES string of the molecule is CCCN(c1ccc(N)cc1)S(=O)(=O)c1cnc(C)s1. The highest BCUT2D eigenvalue weighted by Crippen LogP contribution is 2.27. The molecule has 2 N–H and O–H groups in total. The number of nitrogen functional groups attached to an aromatic ring is 1. The quantitative estimate of drug-likeness (QED) is 0.861. The monoisotopic (exact) mass is 311 g/mol. The number of anilines is 2. The van der Waals surface area contributed by atoms with Gasteiger partial charge in [0.1, 0.15) is 0 Å². The van der Waals surface area contributed by atoms with Crippen molar-refractivity contribution in [1.29, 1.82) is 0 Å². The molecule has 1 heterocycles. The standard InChI is InChI=1S/C13H17N3O2S2/c1-3-8-16(12-6-4-11(14)5-7-12)20(17,18)13-9-15-10(2)19-13/h4-7,9H,3,8,14H2,1-2H3. The van der Waals surface area contributed by atoms with Gasteiger partial charge in [-0.15, -0.1) is 11.3 Å². The zero-order chi connectivity index (χ0) is 14.8. The third-order valence-electron chi connectivity index (χ3n) is 2.75. The zero-order valence-corrected chi connectivity index (χ0v) is 13.0. The maximum absolute atomic E-state index is 12.7. The van der Waals surface area contributed by atoms with E-state index in [4.69, 9.17) is 5.73 Å². The summed E-state index contributed by atoms with van der Waals surface area (Å²) in [6, 6.07) is 6.84. The van der Waals surface area contributed by atoms with Gasteiger partial charge in [-0.25, -0.2) is 13.4 Å². The predicted octanol–water partition coefficient (Wildman–Crippen LogP) is 2.64. The third-order valence-corrected chi connectivity index (χ3v) is 5.93. The Morgan fingerprint density at radius 3 is 2.45 bits per heavy atom. The highest BCUT2D eigenvalue weighted by atomic mass is 32.2. The molecule has 0 amide bonds. The normalized spacial score (nSPS) is 11.5. The second-order valence-corrected chi connectivity index (χ2v) is 7.69. The predicted molar refractivity (Wildman–Crippen MR) is 82.5 cm³/mol. The minimum Gasteiger partial charge on any atom is -0.399 e. The van der Waals surface area contributed by atoms with Crippen LogP contribution in [0.4, 0.5) is 11.4 Å². The van der Waals surface area contributed by atoms with Crippen LogP contribution in [0.5, 0.6) is 0 Å². The van der Waals surface area contributed by atoms with Gasteiger partial charge in [0.25, 0.3) is 10.0 Å². The highest BCUT2D eigenvalue weighted by molar-refractivity contribution is 7.94. The molecule has 7 heteroatoms. The van der Waals surface area contributed by atoms with Crippen molar-refractivity contribution >= 4 is 32.7 Å². The molecule has 5 nitrogen and oxygen atoms in total. The smallest absolute Gasteiger partial charge is 0.275 e. The second-order valence-electron chi connectivity index (χ2n) is 4.37. The summed E-state index contributed by atoms with van der Waals surface area (Å²) in [4.78, 5) is 4.03.